The van der Waals surface area contributed by atoms with Crippen molar-refractivity contribution in [3.8, 4) is 0 Å². The van der Waals surface area contributed by atoms with Crippen LogP contribution in [0.4, 0.5) is 0 Å². The van der Waals surface area contributed by atoms with Crippen LogP contribution in [-0.2, 0) is 6.54 Å². The maximum Gasteiger partial charge on any atom is 0.274 e. The first kappa shape index (κ1) is 16.4. The maximum atomic E-state index is 12.7. The summed E-state index contributed by atoms with van der Waals surface area (Å²) in [6, 6.07) is 11.6. The molecule has 0 radical (unpaired) electrons. The number of benzene rings is 1. The van der Waals surface area contributed by atoms with E-state index in [9.17, 15) is 4.79 Å². The van der Waals surface area contributed by atoms with Gasteiger partial charge in [0.1, 0.15) is 5.69 Å². The average Bonchev–Trinajstić information content (AvgIpc) is 3.06. The van der Waals surface area contributed by atoms with Crippen LogP contribution in [0.15, 0.2) is 42.6 Å². The number of aromatic nitrogens is 2. The number of carbonyl (C=O) groups is 1. The van der Waals surface area contributed by atoms with Crippen LogP contribution in [0.3, 0.4) is 0 Å². The van der Waals surface area contributed by atoms with Crippen LogP contribution >= 0.6 is 22.9 Å². The summed E-state index contributed by atoms with van der Waals surface area (Å²) in [4.78, 5) is 27.0. The predicted octanol–water partition coefficient (Wildman–Crippen LogP) is 3.30. The van der Waals surface area contributed by atoms with Gasteiger partial charge in [0.15, 0.2) is 0 Å². The summed E-state index contributed by atoms with van der Waals surface area (Å²) in [6.07, 6.45) is 1.57. The van der Waals surface area contributed by atoms with Crippen molar-refractivity contribution in [1.29, 1.82) is 0 Å². The predicted molar refractivity (Wildman–Crippen MR) is 100 cm³/mol. The maximum absolute atomic E-state index is 12.7. The van der Waals surface area contributed by atoms with Crippen molar-refractivity contribution in [3.63, 3.8) is 0 Å². The first-order chi connectivity index (χ1) is 12.2. The zero-order valence-corrected chi connectivity index (χ0v) is 15.1. The summed E-state index contributed by atoms with van der Waals surface area (Å²) in [5.41, 5.74) is 1.97. The number of rotatable bonds is 3. The van der Waals surface area contributed by atoms with E-state index in [1.165, 1.54) is 4.88 Å². The Labute approximate surface area is 154 Å². The second-order valence-corrected chi connectivity index (χ2v) is 7.82. The molecule has 1 fully saturated rings. The average molecular weight is 373 g/mol. The molecule has 1 aliphatic rings. The largest absolute Gasteiger partial charge is 0.335 e. The Bertz CT molecular complexity index is 905. The molecule has 0 N–H and O–H groups in total. The van der Waals surface area contributed by atoms with Gasteiger partial charge in [-0.2, -0.15) is 0 Å². The Hall–Kier alpha value is -2.02. The van der Waals surface area contributed by atoms with Gasteiger partial charge in [-0.05, 0) is 24.3 Å². The lowest BCUT2D eigenvalue weighted by molar-refractivity contribution is 0.0624. The van der Waals surface area contributed by atoms with E-state index in [1.807, 2.05) is 35.2 Å². The summed E-state index contributed by atoms with van der Waals surface area (Å²) in [6.45, 7) is 3.98. The number of thiophene rings is 1. The highest BCUT2D eigenvalue weighted by molar-refractivity contribution is 7.16. The van der Waals surface area contributed by atoms with Crippen LogP contribution in [0.1, 0.15) is 15.4 Å². The van der Waals surface area contributed by atoms with Crippen molar-refractivity contribution < 1.29 is 4.79 Å². The molecule has 2 aromatic heterocycles. The van der Waals surface area contributed by atoms with Crippen LogP contribution in [-0.4, -0.2) is 51.9 Å². The van der Waals surface area contributed by atoms with Gasteiger partial charge in [0.05, 0.1) is 21.6 Å². The lowest BCUT2D eigenvalue weighted by Crippen LogP contribution is -2.48. The Morgan fingerprint density at radius 1 is 1.08 bits per heavy atom. The van der Waals surface area contributed by atoms with Crippen molar-refractivity contribution in [2.75, 3.05) is 26.2 Å². The van der Waals surface area contributed by atoms with Gasteiger partial charge in [-0.25, -0.2) is 4.98 Å². The zero-order chi connectivity index (χ0) is 17.2. The minimum atomic E-state index is -0.0444. The number of fused-ring (bicyclic) bond motifs is 1. The monoisotopic (exact) mass is 372 g/mol. The van der Waals surface area contributed by atoms with Crippen LogP contribution in [0, 0.1) is 0 Å². The van der Waals surface area contributed by atoms with Gasteiger partial charge < -0.3 is 4.90 Å². The topological polar surface area (TPSA) is 49.3 Å². The van der Waals surface area contributed by atoms with Gasteiger partial charge in [0.2, 0.25) is 0 Å². The summed E-state index contributed by atoms with van der Waals surface area (Å²) in [5, 5.41) is 0. The van der Waals surface area contributed by atoms with Crippen LogP contribution in [0.5, 0.6) is 0 Å². The standard InChI is InChI=1S/C18H17ClN4OS/c19-17-6-5-13(25-17)12-22-7-9-23(10-8-22)18(24)16-11-20-14-3-1-2-4-15(14)21-16/h1-6,11H,7-10,12H2. The number of halogens is 1. The quantitative estimate of drug-likeness (QED) is 0.707. The van der Waals surface area contributed by atoms with E-state index in [2.05, 4.69) is 20.9 Å². The highest BCUT2D eigenvalue weighted by atomic mass is 35.5. The zero-order valence-electron chi connectivity index (χ0n) is 13.6. The van der Waals surface area contributed by atoms with Crippen molar-refractivity contribution >= 4 is 39.9 Å². The molecule has 1 aromatic carbocycles. The lowest BCUT2D eigenvalue weighted by Gasteiger charge is -2.34. The molecule has 0 bridgehead atoms. The molecule has 25 heavy (non-hydrogen) atoms. The third kappa shape index (κ3) is 3.66. The molecule has 1 saturated heterocycles. The fourth-order valence-corrected chi connectivity index (χ4v) is 4.12. The van der Waals surface area contributed by atoms with Crippen molar-refractivity contribution in [1.82, 2.24) is 19.8 Å². The number of carbonyl (C=O) groups excluding carboxylic acids is 1. The van der Waals surface area contributed by atoms with E-state index in [0.29, 0.717) is 18.8 Å². The van der Waals surface area contributed by atoms with Crippen LogP contribution < -0.4 is 0 Å². The van der Waals surface area contributed by atoms with E-state index in [-0.39, 0.29) is 5.91 Å². The van der Waals surface area contributed by atoms with E-state index in [1.54, 1.807) is 17.5 Å². The highest BCUT2D eigenvalue weighted by Gasteiger charge is 2.23. The number of amides is 1. The summed E-state index contributed by atoms with van der Waals surface area (Å²) >= 11 is 7.60. The number of piperazine rings is 1. The van der Waals surface area contributed by atoms with Crippen LogP contribution in [0.2, 0.25) is 4.34 Å². The fraction of sp³-hybridized carbons (Fsp3) is 0.278. The summed E-state index contributed by atoms with van der Waals surface area (Å²) in [7, 11) is 0. The molecule has 7 heteroatoms. The minimum absolute atomic E-state index is 0.0444. The molecular weight excluding hydrogens is 356 g/mol. The van der Waals surface area contributed by atoms with Gasteiger partial charge in [-0.1, -0.05) is 23.7 Å². The Kier molecular flexibility index (Phi) is 4.65. The smallest absolute Gasteiger partial charge is 0.274 e. The van der Waals surface area contributed by atoms with Crippen molar-refractivity contribution in [2.45, 2.75) is 6.54 Å². The minimum Gasteiger partial charge on any atom is -0.335 e. The third-order valence-corrected chi connectivity index (χ3v) is 5.55. The number of nitrogens with zero attached hydrogens (tertiary/aromatic N) is 4. The van der Waals surface area contributed by atoms with E-state index in [0.717, 1.165) is 35.0 Å². The molecule has 3 aromatic rings. The first-order valence-electron chi connectivity index (χ1n) is 8.17. The lowest BCUT2D eigenvalue weighted by atomic mass is 10.2. The second-order valence-electron chi connectivity index (χ2n) is 6.02. The van der Waals surface area contributed by atoms with Gasteiger partial charge in [0, 0.05) is 37.6 Å². The molecule has 0 spiro atoms. The highest BCUT2D eigenvalue weighted by Crippen LogP contribution is 2.23. The molecule has 5 nitrogen and oxygen atoms in total. The van der Waals surface area contributed by atoms with Gasteiger partial charge in [-0.3, -0.25) is 14.7 Å². The Morgan fingerprint density at radius 3 is 2.56 bits per heavy atom. The molecule has 0 saturated carbocycles. The summed E-state index contributed by atoms with van der Waals surface area (Å²) < 4.78 is 0.818. The van der Waals surface area contributed by atoms with E-state index in [4.69, 9.17) is 11.6 Å². The molecule has 3 heterocycles. The first-order valence-corrected chi connectivity index (χ1v) is 9.36. The molecule has 1 amide bonds. The van der Waals surface area contributed by atoms with Gasteiger partial charge in [-0.15, -0.1) is 11.3 Å². The molecule has 4 rings (SSSR count). The van der Waals surface area contributed by atoms with Crippen LogP contribution in [0.25, 0.3) is 11.0 Å². The molecular formula is C18H17ClN4OS. The van der Waals surface area contributed by atoms with E-state index < -0.39 is 0 Å². The molecule has 128 valence electrons. The molecule has 0 atom stereocenters. The normalized spacial score (nSPS) is 15.6. The fourth-order valence-electron chi connectivity index (χ4n) is 2.99. The van der Waals surface area contributed by atoms with E-state index >= 15 is 0 Å². The SMILES string of the molecule is O=C(c1cnc2ccccc2n1)N1CCN(Cc2ccc(Cl)s2)CC1. The molecule has 0 aliphatic carbocycles. The van der Waals surface area contributed by atoms with Gasteiger partial charge in [0.25, 0.3) is 5.91 Å². The number of hydrogen-bond donors (Lipinski definition) is 0. The number of hydrogen-bond acceptors (Lipinski definition) is 5. The second kappa shape index (κ2) is 7.07. The van der Waals surface area contributed by atoms with Crippen molar-refractivity contribution in [3.05, 3.63) is 57.5 Å². The Balaban J connectivity index is 1.40. The third-order valence-electron chi connectivity index (χ3n) is 4.34. The van der Waals surface area contributed by atoms with Gasteiger partial charge >= 0.3 is 0 Å². The molecule has 0 unspecified atom stereocenters. The summed E-state index contributed by atoms with van der Waals surface area (Å²) in [5.74, 6) is -0.0444. The van der Waals surface area contributed by atoms with Crippen molar-refractivity contribution in [2.24, 2.45) is 0 Å². The number of para-hydroxylation sites is 2. The Morgan fingerprint density at radius 2 is 1.84 bits per heavy atom. The molecule has 1 aliphatic heterocycles.